The summed E-state index contributed by atoms with van der Waals surface area (Å²) in [6.07, 6.45) is 1.52. The zero-order valence-electron chi connectivity index (χ0n) is 19.1. The van der Waals surface area contributed by atoms with Crippen LogP contribution in [-0.2, 0) is 10.0 Å². The molecule has 178 valence electrons. The summed E-state index contributed by atoms with van der Waals surface area (Å²) in [5.74, 6) is 0.609. The van der Waals surface area contributed by atoms with Crippen molar-refractivity contribution in [1.82, 2.24) is 19.3 Å². The molecular formula is C26H21BClN5O2S. The van der Waals surface area contributed by atoms with Crippen LogP contribution in [0.25, 0.3) is 28.0 Å². The van der Waals surface area contributed by atoms with Crippen molar-refractivity contribution in [3.05, 3.63) is 96.1 Å². The van der Waals surface area contributed by atoms with E-state index in [1.54, 1.807) is 40.9 Å². The standard InChI is InChI=1S/C26H21BClN5O2S/c27-22-17-30-33-25(16-24(32-26(22)33)21-8-4-5-9-23(21)28)29-14-15-31-36(34,35)20-12-10-19(11-13-20)18-6-2-1-3-7-18/h1-13,16-17,29,31H,14-15H2. The van der Waals surface area contributed by atoms with E-state index in [4.69, 9.17) is 19.4 Å². The second kappa shape index (κ2) is 10.1. The number of aromatic nitrogens is 3. The lowest BCUT2D eigenvalue weighted by molar-refractivity contribution is 0.583. The van der Waals surface area contributed by atoms with Gasteiger partial charge in [0, 0.05) is 35.9 Å². The minimum Gasteiger partial charge on any atom is -0.369 e. The van der Waals surface area contributed by atoms with Crippen LogP contribution in [0.15, 0.2) is 96.0 Å². The van der Waals surface area contributed by atoms with E-state index in [9.17, 15) is 8.42 Å². The van der Waals surface area contributed by atoms with E-state index in [0.29, 0.717) is 34.2 Å². The van der Waals surface area contributed by atoms with E-state index in [1.807, 2.05) is 48.5 Å². The first-order chi connectivity index (χ1) is 17.4. The van der Waals surface area contributed by atoms with Gasteiger partial charge in [0.25, 0.3) is 0 Å². The maximum atomic E-state index is 12.8. The third kappa shape index (κ3) is 4.99. The quantitative estimate of drug-likeness (QED) is 0.243. The molecule has 5 aromatic rings. The second-order valence-electron chi connectivity index (χ2n) is 8.06. The zero-order valence-corrected chi connectivity index (χ0v) is 20.7. The van der Waals surface area contributed by atoms with Gasteiger partial charge in [-0.15, -0.1) is 0 Å². The van der Waals surface area contributed by atoms with E-state index in [2.05, 4.69) is 20.1 Å². The fourth-order valence-corrected chi connectivity index (χ4v) is 5.09. The SMILES string of the molecule is [B]c1cnn2c(NCCNS(=O)(=O)c3ccc(-c4ccccc4)cc3)cc(-c3ccccc3Cl)nc12. The molecule has 0 fully saturated rings. The fourth-order valence-electron chi connectivity index (χ4n) is 3.83. The molecule has 10 heteroatoms. The highest BCUT2D eigenvalue weighted by Gasteiger charge is 2.15. The molecule has 0 atom stereocenters. The number of hydrogen-bond donors (Lipinski definition) is 2. The summed E-state index contributed by atoms with van der Waals surface area (Å²) in [5, 5.41) is 8.06. The zero-order chi connectivity index (χ0) is 25.1. The van der Waals surface area contributed by atoms with E-state index < -0.39 is 10.0 Å². The summed E-state index contributed by atoms with van der Waals surface area (Å²) in [4.78, 5) is 4.81. The van der Waals surface area contributed by atoms with E-state index in [1.165, 1.54) is 6.20 Å². The molecule has 5 rings (SSSR count). The van der Waals surface area contributed by atoms with E-state index in [-0.39, 0.29) is 11.4 Å². The van der Waals surface area contributed by atoms with Gasteiger partial charge < -0.3 is 5.32 Å². The maximum absolute atomic E-state index is 12.8. The van der Waals surface area contributed by atoms with Crippen molar-refractivity contribution in [3.8, 4) is 22.4 Å². The van der Waals surface area contributed by atoms with Gasteiger partial charge in [0.1, 0.15) is 13.7 Å². The molecule has 0 saturated carbocycles. The Morgan fingerprint density at radius 3 is 2.33 bits per heavy atom. The Hall–Kier alpha value is -3.66. The number of rotatable bonds is 8. The van der Waals surface area contributed by atoms with Crippen molar-refractivity contribution < 1.29 is 8.42 Å². The lowest BCUT2D eigenvalue weighted by Crippen LogP contribution is -2.29. The first-order valence-electron chi connectivity index (χ1n) is 11.2. The molecule has 0 amide bonds. The number of fused-ring (bicyclic) bond motifs is 1. The van der Waals surface area contributed by atoms with Gasteiger partial charge in [-0.3, -0.25) is 0 Å². The van der Waals surface area contributed by atoms with Crippen molar-refractivity contribution >= 4 is 46.4 Å². The molecule has 0 spiro atoms. The third-order valence-corrected chi connectivity index (χ3v) is 7.45. The fraction of sp³-hybridized carbons (Fsp3) is 0.0769. The number of halogens is 1. The smallest absolute Gasteiger partial charge is 0.240 e. The normalized spacial score (nSPS) is 11.6. The van der Waals surface area contributed by atoms with Gasteiger partial charge in [0.2, 0.25) is 10.0 Å². The van der Waals surface area contributed by atoms with Gasteiger partial charge in [-0.2, -0.15) is 9.61 Å². The maximum Gasteiger partial charge on any atom is 0.240 e. The molecule has 0 aliphatic heterocycles. The molecule has 2 radical (unpaired) electrons. The highest BCUT2D eigenvalue weighted by Crippen LogP contribution is 2.28. The average molecular weight is 514 g/mol. The summed E-state index contributed by atoms with van der Waals surface area (Å²) < 4.78 is 29.8. The van der Waals surface area contributed by atoms with Crippen LogP contribution in [0, 0.1) is 0 Å². The molecule has 3 aromatic carbocycles. The molecule has 2 heterocycles. The van der Waals surface area contributed by atoms with Crippen LogP contribution >= 0.6 is 11.6 Å². The van der Waals surface area contributed by atoms with Crippen molar-refractivity contribution in [2.24, 2.45) is 0 Å². The summed E-state index contributed by atoms with van der Waals surface area (Å²) in [6.45, 7) is 0.465. The Balaban J connectivity index is 1.29. The van der Waals surface area contributed by atoms with Crippen molar-refractivity contribution in [2.45, 2.75) is 4.90 Å². The van der Waals surface area contributed by atoms with Crippen LogP contribution in [0.2, 0.25) is 5.02 Å². The van der Waals surface area contributed by atoms with E-state index >= 15 is 0 Å². The number of nitrogens with one attached hydrogen (secondary N) is 2. The van der Waals surface area contributed by atoms with Crippen LogP contribution < -0.4 is 15.5 Å². The molecule has 2 aromatic heterocycles. The summed E-state index contributed by atoms with van der Waals surface area (Å²) >= 11 is 6.36. The molecule has 0 aliphatic carbocycles. The van der Waals surface area contributed by atoms with Crippen molar-refractivity contribution in [2.75, 3.05) is 18.4 Å². The largest absolute Gasteiger partial charge is 0.369 e. The molecule has 0 unspecified atom stereocenters. The lowest BCUT2D eigenvalue weighted by Gasteiger charge is -2.13. The molecule has 0 bridgehead atoms. The monoisotopic (exact) mass is 513 g/mol. The van der Waals surface area contributed by atoms with Gasteiger partial charge in [-0.25, -0.2) is 18.1 Å². The minimum atomic E-state index is -3.67. The predicted octanol–water partition coefficient (Wildman–Crippen LogP) is 3.90. The predicted molar refractivity (Wildman–Crippen MR) is 144 cm³/mol. The Kier molecular flexibility index (Phi) is 6.78. The molecule has 2 N–H and O–H groups in total. The molecule has 0 saturated heterocycles. The number of hydrogen-bond acceptors (Lipinski definition) is 5. The highest BCUT2D eigenvalue weighted by molar-refractivity contribution is 7.89. The summed E-state index contributed by atoms with van der Waals surface area (Å²) in [7, 11) is 2.38. The Labute approximate surface area is 215 Å². The Morgan fingerprint density at radius 1 is 0.889 bits per heavy atom. The van der Waals surface area contributed by atoms with Gasteiger partial charge in [0.05, 0.1) is 10.6 Å². The second-order valence-corrected chi connectivity index (χ2v) is 10.2. The van der Waals surface area contributed by atoms with Crippen LogP contribution in [0.3, 0.4) is 0 Å². The lowest BCUT2D eigenvalue weighted by atomic mass is 10.0. The van der Waals surface area contributed by atoms with Crippen LogP contribution in [0.4, 0.5) is 5.82 Å². The van der Waals surface area contributed by atoms with Crippen LogP contribution in [0.1, 0.15) is 0 Å². The molecule has 7 nitrogen and oxygen atoms in total. The van der Waals surface area contributed by atoms with Crippen molar-refractivity contribution in [3.63, 3.8) is 0 Å². The third-order valence-electron chi connectivity index (χ3n) is 5.64. The molecule has 0 aliphatic rings. The van der Waals surface area contributed by atoms with Crippen LogP contribution in [0.5, 0.6) is 0 Å². The summed E-state index contributed by atoms with van der Waals surface area (Å²) in [6, 6.07) is 25.8. The highest BCUT2D eigenvalue weighted by atomic mass is 35.5. The number of sulfonamides is 1. The van der Waals surface area contributed by atoms with Gasteiger partial charge in [0.15, 0.2) is 5.65 Å². The molecular weight excluding hydrogens is 493 g/mol. The average Bonchev–Trinajstić information content (AvgIpc) is 3.28. The van der Waals surface area contributed by atoms with Crippen LogP contribution in [-0.4, -0.2) is 44.0 Å². The number of anilines is 1. The number of benzene rings is 3. The number of nitrogens with zero attached hydrogens (tertiary/aromatic N) is 3. The Morgan fingerprint density at radius 2 is 1.58 bits per heavy atom. The van der Waals surface area contributed by atoms with Gasteiger partial charge in [-0.05, 0) is 34.8 Å². The topological polar surface area (TPSA) is 88.4 Å². The van der Waals surface area contributed by atoms with Crippen molar-refractivity contribution in [1.29, 1.82) is 0 Å². The first kappa shape index (κ1) is 24.1. The molecule has 36 heavy (non-hydrogen) atoms. The van der Waals surface area contributed by atoms with Gasteiger partial charge >= 0.3 is 0 Å². The minimum absolute atomic E-state index is 0.158. The first-order valence-corrected chi connectivity index (χ1v) is 13.1. The van der Waals surface area contributed by atoms with Gasteiger partial charge in [-0.1, -0.05) is 72.3 Å². The summed E-state index contributed by atoms with van der Waals surface area (Å²) in [5.41, 5.74) is 4.26. The Bertz CT molecular complexity index is 1620. The van der Waals surface area contributed by atoms with E-state index in [0.717, 1.165) is 16.7 Å².